The van der Waals surface area contributed by atoms with Gasteiger partial charge in [-0.2, -0.15) is 4.98 Å². The minimum Gasteiger partial charge on any atom is -0.493 e. The van der Waals surface area contributed by atoms with E-state index < -0.39 is 0 Å². The number of carbonyl (C=O) groups is 2. The maximum atomic E-state index is 13.2. The summed E-state index contributed by atoms with van der Waals surface area (Å²) in [4.78, 5) is 43.4. The van der Waals surface area contributed by atoms with Gasteiger partial charge in [0.2, 0.25) is 17.8 Å². The normalized spacial score (nSPS) is 15.3. The van der Waals surface area contributed by atoms with Crippen LogP contribution in [0.4, 0.5) is 5.82 Å². The van der Waals surface area contributed by atoms with Gasteiger partial charge in [0.05, 0.1) is 20.3 Å². The highest BCUT2D eigenvalue weighted by atomic mass is 16.5. The number of imidazole rings is 1. The second-order valence-electron chi connectivity index (χ2n) is 9.86. The number of nitrogens with one attached hydrogen (secondary N) is 1. The molecule has 1 saturated heterocycles. The van der Waals surface area contributed by atoms with Crippen LogP contribution in [0.15, 0.2) is 43.1 Å². The van der Waals surface area contributed by atoms with Crippen molar-refractivity contribution >= 4 is 17.6 Å². The molecule has 0 aliphatic carbocycles. The smallest absolute Gasteiger partial charge is 0.248 e. The summed E-state index contributed by atoms with van der Waals surface area (Å²) in [6.45, 7) is 5.87. The Morgan fingerprint density at radius 2 is 1.93 bits per heavy atom. The molecule has 0 radical (unpaired) electrons. The molecule has 1 N–H and O–H groups in total. The fourth-order valence-corrected chi connectivity index (χ4v) is 4.74. The number of amides is 2. The van der Waals surface area contributed by atoms with E-state index in [2.05, 4.69) is 34.0 Å². The Bertz CT molecular complexity index is 1300. The van der Waals surface area contributed by atoms with Crippen molar-refractivity contribution in [3.8, 4) is 17.4 Å². The summed E-state index contributed by atoms with van der Waals surface area (Å²) in [6.07, 6.45) is 7.11. The Labute approximate surface area is 234 Å². The predicted molar refractivity (Wildman–Crippen MR) is 149 cm³/mol. The van der Waals surface area contributed by atoms with Gasteiger partial charge in [0, 0.05) is 63.9 Å². The lowest BCUT2D eigenvalue weighted by Gasteiger charge is -2.42. The number of carbonyl (C=O) groups excluding carboxylic acids is 2. The summed E-state index contributed by atoms with van der Waals surface area (Å²) in [5, 5.41) is 3.01. The number of ether oxygens (including phenoxy) is 3. The Kier molecular flexibility index (Phi) is 9.54. The van der Waals surface area contributed by atoms with Crippen LogP contribution >= 0.6 is 0 Å². The van der Waals surface area contributed by atoms with Gasteiger partial charge in [-0.05, 0) is 23.6 Å². The molecular formula is C28H37N7O5. The zero-order valence-electron chi connectivity index (χ0n) is 23.7. The molecule has 2 aromatic heterocycles. The van der Waals surface area contributed by atoms with E-state index in [1.54, 1.807) is 42.4 Å². The molecule has 12 nitrogen and oxygen atoms in total. The molecular weight excluding hydrogens is 514 g/mol. The number of methoxy groups -OCH3 is 3. The number of hydrogen-bond acceptors (Lipinski definition) is 9. The van der Waals surface area contributed by atoms with Crippen LogP contribution in [0.5, 0.6) is 11.5 Å². The van der Waals surface area contributed by atoms with Gasteiger partial charge in [-0.25, -0.2) is 9.97 Å². The van der Waals surface area contributed by atoms with E-state index in [0.717, 1.165) is 16.9 Å². The van der Waals surface area contributed by atoms with Crippen molar-refractivity contribution in [1.82, 2.24) is 29.7 Å². The lowest BCUT2D eigenvalue weighted by molar-refractivity contribution is -0.136. The molecule has 0 bridgehead atoms. The van der Waals surface area contributed by atoms with Crippen molar-refractivity contribution in [3.05, 3.63) is 54.2 Å². The molecule has 2 amide bonds. The minimum absolute atomic E-state index is 0.00620. The first-order valence-electron chi connectivity index (χ1n) is 13.2. The number of benzene rings is 1. The van der Waals surface area contributed by atoms with Gasteiger partial charge in [0.1, 0.15) is 18.8 Å². The van der Waals surface area contributed by atoms with Gasteiger partial charge in [0.15, 0.2) is 11.5 Å². The zero-order valence-corrected chi connectivity index (χ0v) is 23.7. The van der Waals surface area contributed by atoms with Crippen LogP contribution in [0.2, 0.25) is 0 Å². The van der Waals surface area contributed by atoms with Crippen LogP contribution in [-0.4, -0.2) is 89.8 Å². The molecule has 1 aliphatic heterocycles. The molecule has 1 aromatic carbocycles. The van der Waals surface area contributed by atoms with Crippen molar-refractivity contribution in [3.63, 3.8) is 0 Å². The summed E-state index contributed by atoms with van der Waals surface area (Å²) in [5.74, 6) is 2.37. The first-order chi connectivity index (χ1) is 19.3. The molecule has 1 atom stereocenters. The van der Waals surface area contributed by atoms with Crippen LogP contribution in [0.1, 0.15) is 37.3 Å². The van der Waals surface area contributed by atoms with Crippen molar-refractivity contribution < 1.29 is 23.8 Å². The van der Waals surface area contributed by atoms with E-state index in [9.17, 15) is 9.59 Å². The van der Waals surface area contributed by atoms with Crippen LogP contribution in [0.3, 0.4) is 0 Å². The molecule has 3 heterocycles. The second-order valence-corrected chi connectivity index (χ2v) is 9.86. The number of anilines is 1. The van der Waals surface area contributed by atoms with Gasteiger partial charge < -0.3 is 29.3 Å². The van der Waals surface area contributed by atoms with Gasteiger partial charge in [0.25, 0.3) is 0 Å². The predicted octanol–water partition coefficient (Wildman–Crippen LogP) is 2.17. The Morgan fingerprint density at radius 3 is 2.60 bits per heavy atom. The molecule has 40 heavy (non-hydrogen) atoms. The average Bonchev–Trinajstić information content (AvgIpc) is 3.51. The van der Waals surface area contributed by atoms with Crippen LogP contribution in [0, 0.1) is 0 Å². The third-order valence-electron chi connectivity index (χ3n) is 6.87. The molecule has 214 valence electrons. The van der Waals surface area contributed by atoms with Gasteiger partial charge in [-0.3, -0.25) is 14.2 Å². The number of hydrogen-bond donors (Lipinski definition) is 1. The Balaban J connectivity index is 1.57. The lowest BCUT2D eigenvalue weighted by Crippen LogP contribution is -2.57. The van der Waals surface area contributed by atoms with Crippen molar-refractivity contribution in [2.45, 2.75) is 38.8 Å². The Morgan fingerprint density at radius 1 is 1.12 bits per heavy atom. The van der Waals surface area contributed by atoms with E-state index in [1.165, 1.54) is 7.11 Å². The van der Waals surface area contributed by atoms with Crippen LogP contribution in [0.25, 0.3) is 5.95 Å². The largest absolute Gasteiger partial charge is 0.493 e. The highest BCUT2D eigenvalue weighted by Gasteiger charge is 2.33. The molecule has 3 aromatic rings. The quantitative estimate of drug-likeness (QED) is 0.382. The van der Waals surface area contributed by atoms with Gasteiger partial charge >= 0.3 is 0 Å². The summed E-state index contributed by atoms with van der Waals surface area (Å²) >= 11 is 0. The monoisotopic (exact) mass is 551 g/mol. The van der Waals surface area contributed by atoms with Crippen LogP contribution < -0.4 is 19.7 Å². The van der Waals surface area contributed by atoms with Crippen molar-refractivity contribution in [2.24, 2.45) is 0 Å². The Hall–Kier alpha value is -4.19. The number of aromatic nitrogens is 4. The fourth-order valence-electron chi connectivity index (χ4n) is 4.74. The van der Waals surface area contributed by atoms with Crippen molar-refractivity contribution in [1.29, 1.82) is 0 Å². The number of nitrogens with zero attached hydrogens (tertiary/aromatic N) is 6. The highest BCUT2D eigenvalue weighted by Crippen LogP contribution is 2.30. The molecule has 1 unspecified atom stereocenters. The maximum Gasteiger partial charge on any atom is 0.248 e. The molecule has 1 aliphatic rings. The lowest BCUT2D eigenvalue weighted by atomic mass is 10.0. The molecule has 12 heteroatoms. The van der Waals surface area contributed by atoms with E-state index in [-0.39, 0.29) is 36.8 Å². The topological polar surface area (TPSA) is 124 Å². The van der Waals surface area contributed by atoms with Crippen LogP contribution in [-0.2, 0) is 20.9 Å². The first-order valence-corrected chi connectivity index (χ1v) is 13.2. The molecule has 1 fully saturated rings. The molecule has 0 saturated carbocycles. The minimum atomic E-state index is -0.303. The summed E-state index contributed by atoms with van der Waals surface area (Å²) in [7, 11) is 4.66. The molecule has 0 spiro atoms. The second kappa shape index (κ2) is 13.2. The third-order valence-corrected chi connectivity index (χ3v) is 6.87. The fraction of sp³-hybridized carbons (Fsp3) is 0.464. The van der Waals surface area contributed by atoms with Gasteiger partial charge in [-0.1, -0.05) is 19.9 Å². The van der Waals surface area contributed by atoms with Gasteiger partial charge in [-0.15, -0.1) is 0 Å². The summed E-state index contributed by atoms with van der Waals surface area (Å²) in [5.41, 5.74) is 1.85. The van der Waals surface area contributed by atoms with E-state index in [0.29, 0.717) is 43.6 Å². The number of rotatable bonds is 11. The standard InChI is InChI=1S/C28H37N7O5/c1-19(2)22-15-31-28(34-9-8-29-18-34)32-27(22)35-11-10-33(26(37)17-38-3)16-21(35)13-25(36)30-14-20-6-7-23(39-4)24(12-20)40-5/h6-9,12,15,18-19,21H,10-11,13-14,16-17H2,1-5H3,(H,30,36). The zero-order chi connectivity index (χ0) is 28.6. The van der Waals surface area contributed by atoms with E-state index in [1.807, 2.05) is 24.4 Å². The summed E-state index contributed by atoms with van der Waals surface area (Å²) in [6, 6.07) is 5.23. The molecule has 4 rings (SSSR count). The maximum absolute atomic E-state index is 13.2. The third kappa shape index (κ3) is 6.68. The first kappa shape index (κ1) is 28.8. The SMILES string of the molecule is COCC(=O)N1CCN(c2nc(-n3ccnc3)ncc2C(C)C)C(CC(=O)NCc2ccc(OC)c(OC)c2)C1. The van der Waals surface area contributed by atoms with Crippen molar-refractivity contribution in [2.75, 3.05) is 52.5 Å². The summed E-state index contributed by atoms with van der Waals surface area (Å²) < 4.78 is 17.5. The number of piperazine rings is 1. The highest BCUT2D eigenvalue weighted by molar-refractivity contribution is 5.79. The van der Waals surface area contributed by atoms with E-state index >= 15 is 0 Å². The van der Waals surface area contributed by atoms with E-state index in [4.69, 9.17) is 19.2 Å². The average molecular weight is 552 g/mol.